The molecule has 0 spiro atoms. The van der Waals surface area contributed by atoms with E-state index < -0.39 is 0 Å². The molecule has 23 heavy (non-hydrogen) atoms. The summed E-state index contributed by atoms with van der Waals surface area (Å²) in [6, 6.07) is 8.00. The molecule has 4 nitrogen and oxygen atoms in total. The number of para-hydroxylation sites is 1. The minimum atomic E-state index is -0.0527. The van der Waals surface area contributed by atoms with Crippen LogP contribution in [0.2, 0.25) is 0 Å². The molecule has 0 aromatic heterocycles. The van der Waals surface area contributed by atoms with E-state index in [9.17, 15) is 4.79 Å². The van der Waals surface area contributed by atoms with Crippen LogP contribution in [-0.2, 0) is 11.2 Å². The van der Waals surface area contributed by atoms with Gasteiger partial charge >= 0.3 is 0 Å². The molecule has 2 aliphatic heterocycles. The number of carbonyl (C=O) groups excluding carboxylic acids is 1. The third-order valence-corrected chi connectivity index (χ3v) is 4.90. The Balaban J connectivity index is 1.37. The fourth-order valence-corrected chi connectivity index (χ4v) is 3.51. The lowest BCUT2D eigenvalue weighted by atomic mass is 9.96. The third-order valence-electron chi connectivity index (χ3n) is 4.90. The van der Waals surface area contributed by atoms with Gasteiger partial charge in [-0.3, -0.25) is 4.79 Å². The minimum Gasteiger partial charge on any atom is -0.492 e. The number of likely N-dealkylation sites (tertiary alicyclic amines) is 1. The average molecular weight is 316 g/mol. The molecule has 2 heterocycles. The standard InChI is InChI=1S/C19H28N2O2/c22-19(17-14-16-8-3-4-9-18(16)23-15-17)20-10-7-13-21-11-5-1-2-6-12-21/h3-4,8-9,17H,1-2,5-7,10-15H2,(H,20,22)/t17-/m0/s1. The number of fused-ring (bicyclic) bond motifs is 1. The van der Waals surface area contributed by atoms with Gasteiger partial charge in [0.15, 0.2) is 0 Å². The van der Waals surface area contributed by atoms with Crippen molar-refractivity contribution in [2.75, 3.05) is 32.8 Å². The van der Waals surface area contributed by atoms with Crippen LogP contribution in [0.5, 0.6) is 5.75 Å². The van der Waals surface area contributed by atoms with E-state index in [1.807, 2.05) is 24.3 Å². The zero-order valence-corrected chi connectivity index (χ0v) is 13.9. The van der Waals surface area contributed by atoms with E-state index in [-0.39, 0.29) is 11.8 Å². The monoisotopic (exact) mass is 316 g/mol. The zero-order valence-electron chi connectivity index (χ0n) is 13.9. The van der Waals surface area contributed by atoms with E-state index in [0.29, 0.717) is 6.61 Å². The van der Waals surface area contributed by atoms with E-state index in [2.05, 4.69) is 10.2 Å². The molecule has 0 aliphatic carbocycles. The van der Waals surface area contributed by atoms with Crippen LogP contribution in [0.4, 0.5) is 0 Å². The first-order chi connectivity index (χ1) is 11.3. The topological polar surface area (TPSA) is 41.6 Å². The molecule has 1 amide bonds. The smallest absolute Gasteiger partial charge is 0.226 e. The molecule has 3 rings (SSSR count). The Hall–Kier alpha value is -1.55. The van der Waals surface area contributed by atoms with Gasteiger partial charge < -0.3 is 15.0 Å². The number of nitrogens with zero attached hydrogens (tertiary/aromatic N) is 1. The van der Waals surface area contributed by atoms with Crippen LogP contribution in [-0.4, -0.2) is 43.6 Å². The first-order valence-corrected chi connectivity index (χ1v) is 9.04. The quantitative estimate of drug-likeness (QED) is 0.849. The number of nitrogens with one attached hydrogen (secondary N) is 1. The molecule has 1 aromatic rings. The van der Waals surface area contributed by atoms with Crippen LogP contribution in [0, 0.1) is 5.92 Å². The summed E-state index contributed by atoms with van der Waals surface area (Å²) in [5.41, 5.74) is 1.14. The molecule has 1 fully saturated rings. The second-order valence-electron chi connectivity index (χ2n) is 6.72. The Bertz CT molecular complexity index is 510. The number of hydrogen-bond donors (Lipinski definition) is 1. The molecule has 0 saturated carbocycles. The van der Waals surface area contributed by atoms with Gasteiger partial charge in [0.05, 0.1) is 5.92 Å². The summed E-state index contributed by atoms with van der Waals surface area (Å²) in [5.74, 6) is 1.01. The van der Waals surface area contributed by atoms with Crippen molar-refractivity contribution in [1.82, 2.24) is 10.2 Å². The summed E-state index contributed by atoms with van der Waals surface area (Å²) in [4.78, 5) is 14.9. The first kappa shape index (κ1) is 16.3. The summed E-state index contributed by atoms with van der Waals surface area (Å²) in [6.45, 7) is 4.81. The molecule has 1 atom stereocenters. The summed E-state index contributed by atoms with van der Waals surface area (Å²) in [5, 5.41) is 3.09. The number of carbonyl (C=O) groups is 1. The van der Waals surface area contributed by atoms with Crippen molar-refractivity contribution in [3.63, 3.8) is 0 Å². The molecule has 0 bridgehead atoms. The SMILES string of the molecule is O=C(NCCCN1CCCCCC1)[C@@H]1COc2ccccc2C1. The molecule has 4 heteroatoms. The fraction of sp³-hybridized carbons (Fsp3) is 0.632. The Kier molecular flexibility index (Phi) is 5.92. The van der Waals surface area contributed by atoms with E-state index >= 15 is 0 Å². The highest BCUT2D eigenvalue weighted by molar-refractivity contribution is 5.79. The van der Waals surface area contributed by atoms with Gasteiger partial charge in [0, 0.05) is 6.54 Å². The van der Waals surface area contributed by atoms with Crippen molar-refractivity contribution in [3.05, 3.63) is 29.8 Å². The van der Waals surface area contributed by atoms with Gasteiger partial charge in [0.25, 0.3) is 0 Å². The summed E-state index contributed by atoms with van der Waals surface area (Å²) < 4.78 is 5.70. The largest absolute Gasteiger partial charge is 0.492 e. The zero-order chi connectivity index (χ0) is 15.9. The van der Waals surface area contributed by atoms with Gasteiger partial charge in [-0.05, 0) is 56.9 Å². The summed E-state index contributed by atoms with van der Waals surface area (Å²) >= 11 is 0. The number of amides is 1. The van der Waals surface area contributed by atoms with Crippen molar-refractivity contribution >= 4 is 5.91 Å². The Labute approximate surface area is 139 Å². The lowest BCUT2D eigenvalue weighted by Gasteiger charge is -2.25. The Morgan fingerprint density at radius 2 is 1.96 bits per heavy atom. The molecule has 1 saturated heterocycles. The molecule has 1 N–H and O–H groups in total. The van der Waals surface area contributed by atoms with E-state index in [1.165, 1.54) is 38.8 Å². The maximum Gasteiger partial charge on any atom is 0.226 e. The van der Waals surface area contributed by atoms with Gasteiger partial charge in [-0.25, -0.2) is 0 Å². The predicted octanol–water partition coefficient (Wildman–Crippen LogP) is 2.62. The van der Waals surface area contributed by atoms with Gasteiger partial charge in [-0.1, -0.05) is 31.0 Å². The van der Waals surface area contributed by atoms with Crippen LogP contribution >= 0.6 is 0 Å². The van der Waals surface area contributed by atoms with Crippen molar-refractivity contribution in [2.45, 2.75) is 38.5 Å². The molecule has 1 aromatic carbocycles. The third kappa shape index (κ3) is 4.71. The molecular formula is C19H28N2O2. The van der Waals surface area contributed by atoms with Crippen LogP contribution in [0.15, 0.2) is 24.3 Å². The average Bonchev–Trinajstić information content (AvgIpc) is 2.87. The highest BCUT2D eigenvalue weighted by atomic mass is 16.5. The van der Waals surface area contributed by atoms with Crippen LogP contribution in [0.1, 0.15) is 37.7 Å². The highest BCUT2D eigenvalue weighted by Crippen LogP contribution is 2.26. The second-order valence-corrected chi connectivity index (χ2v) is 6.72. The minimum absolute atomic E-state index is 0.0527. The molecule has 0 unspecified atom stereocenters. The van der Waals surface area contributed by atoms with Crippen LogP contribution in [0.3, 0.4) is 0 Å². The van der Waals surface area contributed by atoms with Crippen molar-refractivity contribution < 1.29 is 9.53 Å². The number of benzene rings is 1. The molecule has 126 valence electrons. The molecular weight excluding hydrogens is 288 g/mol. The van der Waals surface area contributed by atoms with Gasteiger partial charge in [0.1, 0.15) is 12.4 Å². The second kappa shape index (κ2) is 8.34. The van der Waals surface area contributed by atoms with Crippen LogP contribution in [0.25, 0.3) is 0 Å². The normalized spacial score (nSPS) is 21.8. The van der Waals surface area contributed by atoms with E-state index in [1.54, 1.807) is 0 Å². The maximum absolute atomic E-state index is 12.3. The van der Waals surface area contributed by atoms with Crippen molar-refractivity contribution in [3.8, 4) is 5.75 Å². The van der Waals surface area contributed by atoms with Crippen molar-refractivity contribution in [2.24, 2.45) is 5.92 Å². The number of rotatable bonds is 5. The van der Waals surface area contributed by atoms with Gasteiger partial charge in [0.2, 0.25) is 5.91 Å². The maximum atomic E-state index is 12.3. The summed E-state index contributed by atoms with van der Waals surface area (Å²) in [6.07, 6.45) is 7.22. The summed E-state index contributed by atoms with van der Waals surface area (Å²) in [7, 11) is 0. The Morgan fingerprint density at radius 3 is 2.78 bits per heavy atom. The molecule has 0 radical (unpaired) electrons. The van der Waals surface area contributed by atoms with Crippen LogP contribution < -0.4 is 10.1 Å². The van der Waals surface area contributed by atoms with Crippen molar-refractivity contribution in [1.29, 1.82) is 0 Å². The predicted molar refractivity (Wildman–Crippen MR) is 91.7 cm³/mol. The molecule has 2 aliphatic rings. The lowest BCUT2D eigenvalue weighted by molar-refractivity contribution is -0.126. The number of ether oxygens (including phenoxy) is 1. The van der Waals surface area contributed by atoms with Gasteiger partial charge in [-0.2, -0.15) is 0 Å². The van der Waals surface area contributed by atoms with E-state index in [0.717, 1.165) is 37.2 Å². The first-order valence-electron chi connectivity index (χ1n) is 9.04. The Morgan fingerprint density at radius 1 is 1.17 bits per heavy atom. The van der Waals surface area contributed by atoms with Gasteiger partial charge in [-0.15, -0.1) is 0 Å². The van der Waals surface area contributed by atoms with E-state index in [4.69, 9.17) is 4.74 Å². The lowest BCUT2D eigenvalue weighted by Crippen LogP contribution is -2.38. The highest BCUT2D eigenvalue weighted by Gasteiger charge is 2.25. The fourth-order valence-electron chi connectivity index (χ4n) is 3.51. The number of hydrogen-bond acceptors (Lipinski definition) is 3.